The first-order valence-electron chi connectivity index (χ1n) is 0. The van der Waals surface area contributed by atoms with Gasteiger partial charge in [0.25, 0.3) is 0 Å². The van der Waals surface area contributed by atoms with Crippen LogP contribution in [0.2, 0.25) is 0 Å². The molecule has 23 valence electrons. The molecule has 0 spiro atoms. The van der Waals surface area contributed by atoms with Gasteiger partial charge < -0.3 is 0 Å². The van der Waals surface area contributed by atoms with Gasteiger partial charge in [0.1, 0.15) is 0 Å². The van der Waals surface area contributed by atoms with Gasteiger partial charge in [-0.25, -0.2) is 0 Å². The Labute approximate surface area is 78.2 Å². The third-order valence-corrected chi connectivity index (χ3v) is 0. The monoisotopic (exact) mass is 323 g/mol. The predicted octanol–water partition coefficient (Wildman–Crippen LogP) is 0.262. The molecule has 7 radical (unpaired) electrons. The van der Waals surface area contributed by atoms with Gasteiger partial charge in [0.05, 0.1) is 0 Å². The van der Waals surface area contributed by atoms with Gasteiger partial charge in [0.2, 0.25) is 0 Å². The second-order valence-electron chi connectivity index (χ2n) is 0. The second kappa shape index (κ2) is 17.8. The molecule has 0 nitrogen and oxygen atoms in total. The molecule has 0 fully saturated rings. The standard InChI is InChI=1S/Ag.S.Sn.Zn. The molecule has 0 aliphatic heterocycles. The quantitative estimate of drug-likeness (QED) is 0.561. The summed E-state index contributed by atoms with van der Waals surface area (Å²) in [5, 5.41) is 0. The van der Waals surface area contributed by atoms with E-state index >= 15 is 0 Å². The van der Waals surface area contributed by atoms with Gasteiger partial charge in [-0.05, 0) is 0 Å². The molecule has 0 rings (SSSR count). The van der Waals surface area contributed by atoms with Crippen molar-refractivity contribution in [3.63, 3.8) is 0 Å². The molecule has 0 heterocycles. The van der Waals surface area contributed by atoms with Gasteiger partial charge in [-0.3, -0.25) is 0 Å². The van der Waals surface area contributed by atoms with Gasteiger partial charge in [-0.1, -0.05) is 0 Å². The van der Waals surface area contributed by atoms with Crippen molar-refractivity contribution in [2.24, 2.45) is 0 Å². The van der Waals surface area contributed by atoms with Gasteiger partial charge in [0.15, 0.2) is 0 Å². The summed E-state index contributed by atoms with van der Waals surface area (Å²) in [6, 6.07) is 0. The Morgan fingerprint density at radius 1 is 1.00 bits per heavy atom. The number of rotatable bonds is 0. The molecular weight excluding hydrogens is 324 g/mol. The summed E-state index contributed by atoms with van der Waals surface area (Å²) in [6.07, 6.45) is 0. The van der Waals surface area contributed by atoms with Crippen LogP contribution in [0, 0.1) is 0 Å². The summed E-state index contributed by atoms with van der Waals surface area (Å²) in [5.74, 6) is 0. The van der Waals surface area contributed by atoms with Crippen LogP contribution >= 0.6 is 13.5 Å². The van der Waals surface area contributed by atoms with E-state index in [1.807, 2.05) is 0 Å². The van der Waals surface area contributed by atoms with Crippen molar-refractivity contribution in [2.75, 3.05) is 0 Å². The van der Waals surface area contributed by atoms with E-state index in [1.165, 1.54) is 0 Å². The van der Waals surface area contributed by atoms with Crippen LogP contribution in [0.1, 0.15) is 0 Å². The first-order valence-corrected chi connectivity index (χ1v) is 0. The van der Waals surface area contributed by atoms with Crippen LogP contribution in [0.5, 0.6) is 0 Å². The molecule has 0 aliphatic carbocycles. The summed E-state index contributed by atoms with van der Waals surface area (Å²) in [5.41, 5.74) is 0. The minimum Gasteiger partial charge on any atom is 0 e. The number of hydrogen-bond donors (Lipinski definition) is 0. The van der Waals surface area contributed by atoms with Gasteiger partial charge in [-0.2, -0.15) is 0 Å². The molecule has 0 bridgehead atoms. The molecule has 0 aromatic heterocycles. The van der Waals surface area contributed by atoms with Crippen molar-refractivity contribution < 1.29 is 41.9 Å². The summed E-state index contributed by atoms with van der Waals surface area (Å²) in [4.78, 5) is 0. The van der Waals surface area contributed by atoms with Crippen LogP contribution in [0.15, 0.2) is 0 Å². The molecule has 0 N–H and O–H groups in total. The molecule has 0 aliphatic rings. The van der Waals surface area contributed by atoms with E-state index < -0.39 is 0 Å². The molecule has 0 aromatic carbocycles. The molecule has 0 unspecified atom stereocenters. The van der Waals surface area contributed by atoms with Crippen LogP contribution in [0.25, 0.3) is 0 Å². The maximum Gasteiger partial charge on any atom is 0 e. The van der Waals surface area contributed by atoms with Crippen LogP contribution in [0.3, 0.4) is 0 Å². The van der Waals surface area contributed by atoms with Crippen molar-refractivity contribution in [3.8, 4) is 0 Å². The third-order valence-electron chi connectivity index (χ3n) is 0. The molecule has 0 atom stereocenters. The van der Waals surface area contributed by atoms with Crippen molar-refractivity contribution in [1.82, 2.24) is 0 Å². The van der Waals surface area contributed by atoms with Gasteiger partial charge in [0, 0.05) is 79.3 Å². The van der Waals surface area contributed by atoms with Crippen molar-refractivity contribution in [3.05, 3.63) is 0 Å². The fraction of sp³-hybridized carbons (Fsp3) is 0. The zero-order chi connectivity index (χ0) is 0. The van der Waals surface area contributed by atoms with E-state index in [0.717, 1.165) is 0 Å². The molecule has 4 heteroatoms. The van der Waals surface area contributed by atoms with Crippen LogP contribution in [0.4, 0.5) is 0 Å². The fourth-order valence-corrected chi connectivity index (χ4v) is 0. The average molecular weight is 324 g/mol. The summed E-state index contributed by atoms with van der Waals surface area (Å²) in [7, 11) is 0. The molecule has 0 saturated heterocycles. The third kappa shape index (κ3) is 8.82. The minimum absolute atomic E-state index is 0. The maximum atomic E-state index is 0. The molecular formula is AgSSnZn. The Balaban J connectivity index is 0. The first kappa shape index (κ1) is 31.4. The van der Waals surface area contributed by atoms with E-state index in [-0.39, 0.29) is 79.3 Å². The summed E-state index contributed by atoms with van der Waals surface area (Å²) >= 11 is 0. The minimum atomic E-state index is 0. The van der Waals surface area contributed by atoms with E-state index in [0.29, 0.717) is 0 Å². The van der Waals surface area contributed by atoms with Crippen LogP contribution in [-0.4, -0.2) is 23.9 Å². The zero-order valence-electron chi connectivity index (χ0n) is 1.92. The Bertz CT molecular complexity index is 8.00. The number of hydrogen-bond acceptors (Lipinski definition) is 0. The van der Waals surface area contributed by atoms with Gasteiger partial charge in [-0.15, -0.1) is 0 Å². The fourth-order valence-electron chi connectivity index (χ4n) is 0. The Kier molecular flexibility index (Phi) is 139. The summed E-state index contributed by atoms with van der Waals surface area (Å²) in [6.45, 7) is 0. The van der Waals surface area contributed by atoms with Crippen LogP contribution < -0.4 is 0 Å². The van der Waals surface area contributed by atoms with Gasteiger partial charge >= 0.3 is 0 Å². The molecule has 4 heavy (non-hydrogen) atoms. The molecule has 0 amide bonds. The average Bonchev–Trinajstić information content (AvgIpc) is 0. The van der Waals surface area contributed by atoms with E-state index in [4.69, 9.17) is 0 Å². The van der Waals surface area contributed by atoms with Crippen molar-refractivity contribution in [2.45, 2.75) is 0 Å². The molecule has 0 saturated carbocycles. The zero-order valence-corrected chi connectivity index (χ0v) is 10.0. The predicted molar refractivity (Wildman–Crippen MR) is 13.3 cm³/mol. The smallest absolute Gasteiger partial charge is 0 e. The second-order valence-corrected chi connectivity index (χ2v) is 0. The van der Waals surface area contributed by atoms with E-state index in [9.17, 15) is 0 Å². The normalized spacial score (nSPS) is 0. The Morgan fingerprint density at radius 2 is 1.00 bits per heavy atom. The van der Waals surface area contributed by atoms with E-state index in [1.54, 1.807) is 0 Å². The van der Waals surface area contributed by atoms with Crippen LogP contribution in [-0.2, 0) is 41.9 Å². The Hall–Kier alpha value is 2.51. The first-order chi connectivity index (χ1) is 0. The maximum absolute atomic E-state index is 0. The van der Waals surface area contributed by atoms with E-state index in [2.05, 4.69) is 0 Å². The largest absolute Gasteiger partial charge is 0 e. The molecule has 0 aromatic rings. The Morgan fingerprint density at radius 3 is 1.00 bits per heavy atom. The topological polar surface area (TPSA) is 0 Å². The van der Waals surface area contributed by atoms with Crippen molar-refractivity contribution >= 4 is 37.4 Å². The summed E-state index contributed by atoms with van der Waals surface area (Å²) < 4.78 is 0. The van der Waals surface area contributed by atoms with Crippen molar-refractivity contribution in [1.29, 1.82) is 0 Å². The SMILES string of the molecule is [Ag].[S].[Sn].[Zn].